The molecule has 5 heteroatoms. The van der Waals surface area contributed by atoms with Crippen molar-refractivity contribution in [3.05, 3.63) is 24.3 Å². The Kier molecular flexibility index (Phi) is 4.52. The number of anilines is 1. The van der Waals surface area contributed by atoms with Crippen LogP contribution in [0.2, 0.25) is 0 Å². The summed E-state index contributed by atoms with van der Waals surface area (Å²) in [5.41, 5.74) is 1.13. The second kappa shape index (κ2) is 6.57. The molecule has 2 fully saturated rings. The van der Waals surface area contributed by atoms with Gasteiger partial charge in [-0.15, -0.1) is 0 Å². The number of piperazine rings is 1. The smallest absolute Gasteiger partial charge is 0.234 e. The van der Waals surface area contributed by atoms with Crippen molar-refractivity contribution in [1.29, 1.82) is 0 Å². The molecule has 22 heavy (non-hydrogen) atoms. The van der Waals surface area contributed by atoms with Crippen LogP contribution in [0.4, 0.5) is 5.69 Å². The van der Waals surface area contributed by atoms with Gasteiger partial charge in [-0.05, 0) is 49.9 Å². The fraction of sp³-hybridized carbons (Fsp3) is 0.588. The second-order valence-corrected chi connectivity index (χ2v) is 6.47. The van der Waals surface area contributed by atoms with Crippen molar-refractivity contribution < 1.29 is 9.90 Å². The predicted molar refractivity (Wildman–Crippen MR) is 87.1 cm³/mol. The van der Waals surface area contributed by atoms with Crippen LogP contribution in [0, 0.1) is 5.92 Å². The second-order valence-electron chi connectivity index (χ2n) is 6.47. The number of phenols is 1. The summed E-state index contributed by atoms with van der Waals surface area (Å²) in [6.45, 7) is 6.23. The van der Waals surface area contributed by atoms with Crippen molar-refractivity contribution in [2.45, 2.75) is 25.8 Å². The summed E-state index contributed by atoms with van der Waals surface area (Å²) >= 11 is 0. The van der Waals surface area contributed by atoms with Crippen LogP contribution in [0.25, 0.3) is 0 Å². The van der Waals surface area contributed by atoms with Gasteiger partial charge in [0.05, 0.1) is 6.54 Å². The van der Waals surface area contributed by atoms with Gasteiger partial charge in [0.25, 0.3) is 0 Å². The molecule has 0 spiro atoms. The molecule has 3 rings (SSSR count). The summed E-state index contributed by atoms with van der Waals surface area (Å²) in [7, 11) is 0. The van der Waals surface area contributed by atoms with Crippen molar-refractivity contribution in [2.24, 2.45) is 5.92 Å². The molecular weight excluding hydrogens is 278 g/mol. The first-order valence-corrected chi connectivity index (χ1v) is 8.17. The number of hydrogen-bond acceptors (Lipinski definition) is 4. The van der Waals surface area contributed by atoms with E-state index in [2.05, 4.69) is 22.0 Å². The van der Waals surface area contributed by atoms with Crippen LogP contribution in [-0.2, 0) is 4.79 Å². The molecular formula is C17H25N3O2. The largest absolute Gasteiger partial charge is 0.508 e. The zero-order valence-electron chi connectivity index (χ0n) is 13.2. The van der Waals surface area contributed by atoms with Crippen LogP contribution in [0.1, 0.15) is 19.8 Å². The molecule has 0 unspecified atom stereocenters. The lowest BCUT2D eigenvalue weighted by molar-refractivity contribution is -0.123. The van der Waals surface area contributed by atoms with Gasteiger partial charge in [-0.1, -0.05) is 0 Å². The summed E-state index contributed by atoms with van der Waals surface area (Å²) in [6, 6.07) is 7.64. The first kappa shape index (κ1) is 15.2. The van der Waals surface area contributed by atoms with Crippen LogP contribution in [0.5, 0.6) is 5.75 Å². The summed E-state index contributed by atoms with van der Waals surface area (Å²) < 4.78 is 0. The summed E-state index contributed by atoms with van der Waals surface area (Å²) in [5, 5.41) is 12.5. The van der Waals surface area contributed by atoms with Crippen LogP contribution >= 0.6 is 0 Å². The van der Waals surface area contributed by atoms with E-state index in [1.807, 2.05) is 12.1 Å². The third-order valence-electron chi connectivity index (χ3n) is 4.67. The molecule has 1 saturated carbocycles. The Hall–Kier alpha value is -1.75. The van der Waals surface area contributed by atoms with E-state index in [4.69, 9.17) is 0 Å². The normalized spacial score (nSPS) is 20.7. The Morgan fingerprint density at radius 1 is 1.23 bits per heavy atom. The van der Waals surface area contributed by atoms with Gasteiger partial charge in [-0.3, -0.25) is 9.69 Å². The van der Waals surface area contributed by atoms with E-state index >= 15 is 0 Å². The Labute approximate surface area is 131 Å². The monoisotopic (exact) mass is 303 g/mol. The van der Waals surface area contributed by atoms with E-state index in [9.17, 15) is 9.90 Å². The highest BCUT2D eigenvalue weighted by molar-refractivity contribution is 5.78. The number of rotatable bonds is 5. The van der Waals surface area contributed by atoms with Gasteiger partial charge in [0, 0.05) is 37.9 Å². The minimum atomic E-state index is 0.150. The molecule has 1 aromatic carbocycles. The standard InChI is InChI=1S/C17H25N3O2/c1-13(14-2-3-14)18-17(22)12-19-8-10-20(11-9-19)15-4-6-16(21)7-5-15/h4-7,13-14,21H,2-3,8-12H2,1H3,(H,18,22)/t13-/m0/s1. The van der Waals surface area contributed by atoms with Crippen LogP contribution in [0.3, 0.4) is 0 Å². The lowest BCUT2D eigenvalue weighted by Crippen LogP contribution is -2.50. The van der Waals surface area contributed by atoms with E-state index in [0.29, 0.717) is 24.3 Å². The molecule has 1 atom stereocenters. The maximum Gasteiger partial charge on any atom is 0.234 e. The average Bonchev–Trinajstić information content (AvgIpc) is 3.33. The molecule has 0 radical (unpaired) electrons. The fourth-order valence-electron chi connectivity index (χ4n) is 3.04. The van der Waals surface area contributed by atoms with E-state index in [1.54, 1.807) is 12.1 Å². The maximum absolute atomic E-state index is 12.0. The Bertz CT molecular complexity index is 505. The van der Waals surface area contributed by atoms with Gasteiger partial charge in [0.2, 0.25) is 5.91 Å². The molecule has 1 heterocycles. The quantitative estimate of drug-likeness (QED) is 0.864. The number of aromatic hydroxyl groups is 1. The lowest BCUT2D eigenvalue weighted by atomic mass is 10.2. The summed E-state index contributed by atoms with van der Waals surface area (Å²) in [5.74, 6) is 1.15. The number of hydrogen-bond donors (Lipinski definition) is 2. The summed E-state index contributed by atoms with van der Waals surface area (Å²) in [6.07, 6.45) is 2.51. The minimum Gasteiger partial charge on any atom is -0.508 e. The lowest BCUT2D eigenvalue weighted by Gasteiger charge is -2.35. The van der Waals surface area contributed by atoms with E-state index < -0.39 is 0 Å². The molecule has 1 aromatic rings. The topological polar surface area (TPSA) is 55.8 Å². The van der Waals surface area contributed by atoms with Gasteiger partial charge in [-0.2, -0.15) is 0 Å². The van der Waals surface area contributed by atoms with Crippen LogP contribution in [-0.4, -0.2) is 54.7 Å². The third kappa shape index (κ3) is 3.91. The van der Waals surface area contributed by atoms with E-state index in [0.717, 1.165) is 31.9 Å². The first-order chi connectivity index (χ1) is 10.6. The molecule has 1 saturated heterocycles. The van der Waals surface area contributed by atoms with E-state index in [1.165, 1.54) is 12.8 Å². The van der Waals surface area contributed by atoms with Gasteiger partial charge >= 0.3 is 0 Å². The third-order valence-corrected chi connectivity index (χ3v) is 4.67. The molecule has 1 aliphatic carbocycles. The summed E-state index contributed by atoms with van der Waals surface area (Å²) in [4.78, 5) is 16.6. The molecule has 5 nitrogen and oxygen atoms in total. The molecule has 120 valence electrons. The number of carbonyl (C=O) groups is 1. The number of amides is 1. The highest BCUT2D eigenvalue weighted by Crippen LogP contribution is 2.32. The molecule has 0 aromatic heterocycles. The number of carbonyl (C=O) groups excluding carboxylic acids is 1. The molecule has 2 aliphatic rings. The fourth-order valence-corrected chi connectivity index (χ4v) is 3.04. The zero-order chi connectivity index (χ0) is 15.5. The molecule has 1 aliphatic heterocycles. The Balaban J connectivity index is 1.43. The predicted octanol–water partition coefficient (Wildman–Crippen LogP) is 1.43. The number of nitrogens with zero attached hydrogens (tertiary/aromatic N) is 2. The Morgan fingerprint density at radius 2 is 1.86 bits per heavy atom. The van der Waals surface area contributed by atoms with Gasteiger partial charge in [0.15, 0.2) is 0 Å². The van der Waals surface area contributed by atoms with Crippen LogP contribution in [0.15, 0.2) is 24.3 Å². The molecule has 0 bridgehead atoms. The highest BCUT2D eigenvalue weighted by atomic mass is 16.3. The zero-order valence-corrected chi connectivity index (χ0v) is 13.2. The van der Waals surface area contributed by atoms with Crippen molar-refractivity contribution >= 4 is 11.6 Å². The van der Waals surface area contributed by atoms with Crippen molar-refractivity contribution in [3.63, 3.8) is 0 Å². The van der Waals surface area contributed by atoms with Gasteiger partial charge in [0.1, 0.15) is 5.75 Å². The van der Waals surface area contributed by atoms with Gasteiger partial charge in [-0.25, -0.2) is 0 Å². The number of phenolic OH excluding ortho intramolecular Hbond substituents is 1. The molecule has 1 amide bonds. The van der Waals surface area contributed by atoms with Crippen LogP contribution < -0.4 is 10.2 Å². The van der Waals surface area contributed by atoms with Crippen molar-refractivity contribution in [3.8, 4) is 5.75 Å². The van der Waals surface area contributed by atoms with E-state index in [-0.39, 0.29) is 5.91 Å². The maximum atomic E-state index is 12.0. The SMILES string of the molecule is C[C@H](NC(=O)CN1CCN(c2ccc(O)cc2)CC1)C1CC1. The first-order valence-electron chi connectivity index (χ1n) is 8.17. The molecule has 2 N–H and O–H groups in total. The van der Waals surface area contributed by atoms with Crippen molar-refractivity contribution in [2.75, 3.05) is 37.6 Å². The average molecular weight is 303 g/mol. The number of benzene rings is 1. The minimum absolute atomic E-state index is 0.150. The number of nitrogens with one attached hydrogen (secondary N) is 1. The van der Waals surface area contributed by atoms with Gasteiger partial charge < -0.3 is 15.3 Å². The Morgan fingerprint density at radius 3 is 2.45 bits per heavy atom. The highest BCUT2D eigenvalue weighted by Gasteiger charge is 2.29. The van der Waals surface area contributed by atoms with Crippen molar-refractivity contribution in [1.82, 2.24) is 10.2 Å².